The van der Waals surface area contributed by atoms with Crippen molar-refractivity contribution in [2.75, 3.05) is 19.6 Å². The van der Waals surface area contributed by atoms with Gasteiger partial charge in [-0.3, -0.25) is 4.98 Å². The third-order valence-corrected chi connectivity index (χ3v) is 28.4. The number of hydrogen-bond acceptors (Lipinski definition) is 10. The van der Waals surface area contributed by atoms with Crippen molar-refractivity contribution >= 4 is 216 Å². The lowest BCUT2D eigenvalue weighted by Crippen LogP contribution is -2.10. The molecular formula is C113H73N5OS4. The molecule has 0 aliphatic carbocycles. The van der Waals surface area contributed by atoms with Crippen LogP contribution in [0.3, 0.4) is 0 Å². The predicted molar refractivity (Wildman–Crippen MR) is 530 cm³/mol. The van der Waals surface area contributed by atoms with Crippen LogP contribution in [0.25, 0.3) is 147 Å². The summed E-state index contributed by atoms with van der Waals surface area (Å²) in [6.45, 7) is 0. The van der Waals surface area contributed by atoms with Crippen LogP contribution in [0.15, 0.2) is 448 Å². The highest BCUT2D eigenvalue weighted by atomic mass is 32.1. The molecule has 24 rings (SSSR count). The molecule has 6 nitrogen and oxygen atoms in total. The molecule has 0 bridgehead atoms. The first-order valence-corrected chi connectivity index (χ1v) is 44.6. The minimum absolute atomic E-state index is 0.874. The van der Waals surface area contributed by atoms with Crippen molar-refractivity contribution in [3.05, 3.63) is 443 Å². The van der Waals surface area contributed by atoms with Gasteiger partial charge in [-0.05, 0) is 220 Å². The number of furan rings is 1. The Balaban J connectivity index is 0.000000143. The minimum atomic E-state index is 0.874. The fourth-order valence-corrected chi connectivity index (χ4v) is 22.5. The molecule has 0 N–H and O–H groups in total. The second-order valence-electron chi connectivity index (χ2n) is 30.9. The summed E-state index contributed by atoms with van der Waals surface area (Å²) in [5, 5.41) is 12.4. The summed E-state index contributed by atoms with van der Waals surface area (Å²) < 4.78 is 16.5. The molecule has 0 aliphatic rings. The average molecular weight is 1650 g/mol. The number of rotatable bonds is 16. The van der Waals surface area contributed by atoms with Crippen LogP contribution in [0.4, 0.5) is 68.2 Å². The van der Waals surface area contributed by atoms with Crippen molar-refractivity contribution in [1.29, 1.82) is 0 Å². The van der Waals surface area contributed by atoms with Gasteiger partial charge in [0.2, 0.25) is 0 Å². The van der Waals surface area contributed by atoms with Crippen molar-refractivity contribution < 1.29 is 4.42 Å². The summed E-state index contributed by atoms with van der Waals surface area (Å²) in [6, 6.07) is 156. The summed E-state index contributed by atoms with van der Waals surface area (Å²) >= 11 is 7.46. The molecule has 18 aromatic carbocycles. The summed E-state index contributed by atoms with van der Waals surface area (Å²) in [4.78, 5) is 13.9. The maximum atomic E-state index is 6.29. The quantitative estimate of drug-likeness (QED) is 0.0960. The third kappa shape index (κ3) is 13.5. The lowest BCUT2D eigenvalue weighted by Gasteiger charge is -2.26. The van der Waals surface area contributed by atoms with Gasteiger partial charge in [-0.15, -0.1) is 45.3 Å². The van der Waals surface area contributed by atoms with Crippen LogP contribution in [0, 0.1) is 0 Å². The number of hydrogen-bond donors (Lipinski definition) is 0. The zero-order chi connectivity index (χ0) is 81.3. The minimum Gasteiger partial charge on any atom is -0.456 e. The third-order valence-electron chi connectivity index (χ3n) is 23.6. The monoisotopic (exact) mass is 1640 g/mol. The fourth-order valence-electron chi connectivity index (χ4n) is 17.8. The Morgan fingerprint density at radius 1 is 0.187 bits per heavy atom. The second-order valence-corrected chi connectivity index (χ2v) is 35.1. The fraction of sp³-hybridized carbons (Fsp3) is 0. The Morgan fingerprint density at radius 3 is 1.10 bits per heavy atom. The van der Waals surface area contributed by atoms with E-state index in [1.165, 1.54) is 120 Å². The van der Waals surface area contributed by atoms with Crippen molar-refractivity contribution in [3.8, 4) is 44.5 Å². The molecule has 24 aromatic rings. The van der Waals surface area contributed by atoms with Gasteiger partial charge < -0.3 is 24.0 Å². The Hall–Kier alpha value is -15.0. The maximum absolute atomic E-state index is 6.29. The van der Waals surface area contributed by atoms with E-state index in [1.54, 1.807) is 0 Å². The van der Waals surface area contributed by atoms with Gasteiger partial charge in [0, 0.05) is 151 Å². The Kier molecular flexibility index (Phi) is 18.6. The van der Waals surface area contributed by atoms with Crippen LogP contribution in [-0.2, 0) is 0 Å². The Bertz CT molecular complexity index is 8010. The standard InChI is InChI=1S/C59H37N3OS2.C54H36N2S2/c1-2-10-38(11-3-1)39-19-25-43(26-20-39)62(46-27-30-49-48-14-5-7-18-56(48)64-58(49)36-46)53-16-8-15-50-52-35-45(29-32-57(52)65-59(50)53)61(42-23-21-40(22-24-42)41-12-9-33-60-37-41)44-28-31-55-51(34-44)47-13-4-6-17-54(47)63-55;1-4-14-37(15-5-1)38-26-30-43(31-27-38)56(50-24-13-23-47-46-20-10-11-25-51(46)58-54(47)50)44-34-35-52-49(36-44)48-22-12-21-45(53(48)57-52)39-28-32-42(33-29-39)55(40-16-6-2-7-17-40)41-18-8-3-9-19-41/h1-37H;1-36H. The van der Waals surface area contributed by atoms with Gasteiger partial charge in [0.25, 0.3) is 0 Å². The van der Waals surface area contributed by atoms with Gasteiger partial charge in [0.1, 0.15) is 11.2 Å². The number of aromatic nitrogens is 1. The summed E-state index contributed by atoms with van der Waals surface area (Å²) in [7, 11) is 0. The summed E-state index contributed by atoms with van der Waals surface area (Å²) in [6.07, 6.45) is 3.73. The van der Waals surface area contributed by atoms with Gasteiger partial charge in [-0.25, -0.2) is 0 Å². The number of nitrogens with zero attached hydrogens (tertiary/aromatic N) is 5. The summed E-state index contributed by atoms with van der Waals surface area (Å²) in [5.41, 5.74) is 24.7. The second kappa shape index (κ2) is 31.3. The van der Waals surface area contributed by atoms with E-state index in [2.05, 4.69) is 437 Å². The first kappa shape index (κ1) is 73.2. The van der Waals surface area contributed by atoms with Crippen LogP contribution >= 0.6 is 45.3 Å². The average Bonchev–Trinajstić information content (AvgIpc) is 1.61. The van der Waals surface area contributed by atoms with Crippen molar-refractivity contribution in [2.24, 2.45) is 0 Å². The highest BCUT2D eigenvalue weighted by Crippen LogP contribution is 2.52. The summed E-state index contributed by atoms with van der Waals surface area (Å²) in [5.74, 6) is 0. The van der Waals surface area contributed by atoms with Crippen molar-refractivity contribution in [1.82, 2.24) is 4.98 Å². The first-order chi connectivity index (χ1) is 61.0. The van der Waals surface area contributed by atoms with Crippen LogP contribution in [-0.4, -0.2) is 4.98 Å². The number of pyridine rings is 1. The molecule has 10 heteroatoms. The largest absolute Gasteiger partial charge is 0.456 e. The van der Waals surface area contributed by atoms with Crippen molar-refractivity contribution in [2.45, 2.75) is 0 Å². The van der Waals surface area contributed by atoms with E-state index in [0.717, 1.165) is 95.6 Å². The van der Waals surface area contributed by atoms with Gasteiger partial charge >= 0.3 is 0 Å². The normalized spacial score (nSPS) is 11.6. The Labute approximate surface area is 727 Å². The van der Waals surface area contributed by atoms with Gasteiger partial charge in [0.15, 0.2) is 0 Å². The molecule has 123 heavy (non-hydrogen) atoms. The number of anilines is 12. The van der Waals surface area contributed by atoms with Crippen molar-refractivity contribution in [3.63, 3.8) is 0 Å². The van der Waals surface area contributed by atoms with Gasteiger partial charge in [-0.2, -0.15) is 0 Å². The molecule has 0 saturated carbocycles. The van der Waals surface area contributed by atoms with E-state index < -0.39 is 0 Å². The molecule has 0 spiro atoms. The number of benzene rings is 18. The highest BCUT2D eigenvalue weighted by molar-refractivity contribution is 7.27. The maximum Gasteiger partial charge on any atom is 0.135 e. The Morgan fingerprint density at radius 2 is 0.537 bits per heavy atom. The van der Waals surface area contributed by atoms with E-state index in [1.807, 2.05) is 75.9 Å². The highest BCUT2D eigenvalue weighted by Gasteiger charge is 2.25. The molecule has 6 aromatic heterocycles. The van der Waals surface area contributed by atoms with Gasteiger partial charge in [-0.1, -0.05) is 255 Å². The van der Waals surface area contributed by atoms with E-state index in [-0.39, 0.29) is 0 Å². The molecule has 580 valence electrons. The zero-order valence-corrected chi connectivity index (χ0v) is 69.7. The van der Waals surface area contributed by atoms with E-state index in [0.29, 0.717) is 0 Å². The molecule has 0 atom stereocenters. The predicted octanol–water partition coefficient (Wildman–Crippen LogP) is 34.7. The molecule has 0 radical (unpaired) electrons. The van der Waals surface area contributed by atoms with E-state index in [4.69, 9.17) is 4.42 Å². The molecule has 6 heterocycles. The number of thiophene rings is 4. The van der Waals surface area contributed by atoms with Gasteiger partial charge in [0.05, 0.1) is 20.8 Å². The lowest BCUT2D eigenvalue weighted by atomic mass is 10.0. The molecule has 0 aliphatic heterocycles. The number of fused-ring (bicyclic) bond motifs is 15. The van der Waals surface area contributed by atoms with Crippen LogP contribution < -0.4 is 19.6 Å². The first-order valence-electron chi connectivity index (χ1n) is 41.3. The van der Waals surface area contributed by atoms with Crippen LogP contribution in [0.1, 0.15) is 0 Å². The molecular weight excluding hydrogens is 1570 g/mol. The molecule has 0 fully saturated rings. The molecule has 0 saturated heterocycles. The van der Waals surface area contributed by atoms with E-state index >= 15 is 0 Å². The van der Waals surface area contributed by atoms with Crippen LogP contribution in [0.5, 0.6) is 0 Å². The van der Waals surface area contributed by atoms with E-state index in [9.17, 15) is 0 Å². The smallest absolute Gasteiger partial charge is 0.135 e. The lowest BCUT2D eigenvalue weighted by molar-refractivity contribution is 0.669. The SMILES string of the molecule is c1ccc(-c2ccc(N(c3ccc4c(c3)sc3ccccc34)c3cccc4c3sc3ccc(N(c5ccc(-c6cccnc6)cc5)c5ccc6oc7ccccc7c6c5)cc34)cc2)cc1.c1ccc(-c2ccc(N(c3ccc4sc5c(-c6ccc(N(c7ccccc7)c7ccccc7)cc6)cccc5c4c3)c3cccc4c3sc3ccccc34)cc2)cc1. The van der Waals surface area contributed by atoms with Crippen LogP contribution in [0.2, 0.25) is 0 Å². The topological polar surface area (TPSA) is 39.0 Å². The zero-order valence-electron chi connectivity index (χ0n) is 66.4. The number of para-hydroxylation sites is 3. The molecule has 0 unspecified atom stereocenters. The molecule has 0 amide bonds.